The number of nitroso groups, excluding NO2 is 1. The van der Waals surface area contributed by atoms with Gasteiger partial charge in [0.2, 0.25) is 10.0 Å². The quantitative estimate of drug-likeness (QED) is 0.462. The first kappa shape index (κ1) is 21.4. The summed E-state index contributed by atoms with van der Waals surface area (Å²) in [6.45, 7) is 0.867. The van der Waals surface area contributed by atoms with E-state index in [1.54, 1.807) is 11.8 Å². The van der Waals surface area contributed by atoms with Gasteiger partial charge in [0.1, 0.15) is 5.69 Å². The van der Waals surface area contributed by atoms with Crippen LogP contribution < -0.4 is 10.5 Å². The van der Waals surface area contributed by atoms with Crippen LogP contribution in [0.15, 0.2) is 63.5 Å². The number of thioether (sulfide) groups is 1. The second-order valence-corrected chi connectivity index (χ2v) is 9.03. The van der Waals surface area contributed by atoms with Crippen molar-refractivity contribution in [3.05, 3.63) is 53.4 Å². The minimum absolute atomic E-state index is 0.0288. The van der Waals surface area contributed by atoms with Crippen LogP contribution in [0.4, 0.5) is 11.4 Å². The van der Waals surface area contributed by atoms with Crippen molar-refractivity contribution < 1.29 is 8.42 Å². The van der Waals surface area contributed by atoms with E-state index in [1.807, 2.05) is 44.4 Å². The summed E-state index contributed by atoms with van der Waals surface area (Å²) in [7, 11) is 0.116. The number of anilines is 1. The lowest BCUT2D eigenvalue weighted by atomic mass is 10.2. The molecule has 3 N–H and O–H groups in total. The highest BCUT2D eigenvalue weighted by atomic mass is 32.2. The highest BCUT2D eigenvalue weighted by Crippen LogP contribution is 2.29. The topological polar surface area (TPSA) is 105 Å². The van der Waals surface area contributed by atoms with Crippen LogP contribution in [0.2, 0.25) is 0 Å². The molecule has 1 atom stereocenters. The Morgan fingerprint density at radius 2 is 1.89 bits per heavy atom. The lowest BCUT2D eigenvalue weighted by Crippen LogP contribution is -2.27. The van der Waals surface area contributed by atoms with Crippen LogP contribution >= 0.6 is 11.8 Å². The summed E-state index contributed by atoms with van der Waals surface area (Å²) in [5.74, 6) is 0.785. The summed E-state index contributed by atoms with van der Waals surface area (Å²) in [4.78, 5) is 14.3. The standard InChI is InChI=1S/C18H24N4O3S2/c1-22(2)11-10-14(13-26-15-6-4-3-5-7-15)20-17-9-8-16(27(19,24)25)12-18(17)21-23/h3-9,12,14,20H,10-11,13H2,1-2H3,(H2,19,24,25)/t14-/m1/s1. The number of rotatable bonds is 10. The van der Waals surface area contributed by atoms with Crippen LogP contribution in [0.1, 0.15) is 6.42 Å². The lowest BCUT2D eigenvalue weighted by molar-refractivity contribution is 0.391. The fourth-order valence-corrected chi connectivity index (χ4v) is 3.96. The Balaban J connectivity index is 2.16. The molecule has 0 saturated carbocycles. The number of hydrogen-bond acceptors (Lipinski definition) is 7. The van der Waals surface area contributed by atoms with Crippen LogP contribution in [-0.2, 0) is 10.0 Å². The SMILES string of the molecule is CN(C)CC[C@H](CSc1ccccc1)Nc1ccc(S(N)(=O)=O)cc1N=O. The van der Waals surface area contributed by atoms with E-state index in [4.69, 9.17) is 5.14 Å². The van der Waals surface area contributed by atoms with Gasteiger partial charge in [-0.25, -0.2) is 13.6 Å². The summed E-state index contributed by atoms with van der Waals surface area (Å²) in [5.41, 5.74) is 0.524. The van der Waals surface area contributed by atoms with Gasteiger partial charge in [0.25, 0.3) is 0 Å². The average molecular weight is 409 g/mol. The van der Waals surface area contributed by atoms with E-state index in [9.17, 15) is 13.3 Å². The Labute approximate surface area is 164 Å². The van der Waals surface area contributed by atoms with Crippen LogP contribution in [0.3, 0.4) is 0 Å². The van der Waals surface area contributed by atoms with Gasteiger partial charge in [-0.1, -0.05) is 18.2 Å². The van der Waals surface area contributed by atoms with E-state index in [0.717, 1.165) is 23.6 Å². The fraction of sp³-hybridized carbons (Fsp3) is 0.333. The van der Waals surface area contributed by atoms with Crippen LogP contribution in [-0.4, -0.2) is 45.8 Å². The molecule has 0 bridgehead atoms. The fourth-order valence-electron chi connectivity index (χ4n) is 2.43. The van der Waals surface area contributed by atoms with Gasteiger partial charge in [-0.15, -0.1) is 16.7 Å². The molecule has 0 aromatic heterocycles. The number of sulfonamides is 1. The first-order valence-electron chi connectivity index (χ1n) is 8.39. The molecule has 0 unspecified atom stereocenters. The zero-order valence-corrected chi connectivity index (χ0v) is 17.0. The molecule has 2 aromatic rings. The largest absolute Gasteiger partial charge is 0.380 e. The van der Waals surface area contributed by atoms with Gasteiger partial charge in [0, 0.05) is 16.7 Å². The van der Waals surface area contributed by atoms with Crippen molar-refractivity contribution in [3.63, 3.8) is 0 Å². The maximum atomic E-state index is 11.5. The van der Waals surface area contributed by atoms with Crippen molar-refractivity contribution in [1.82, 2.24) is 4.90 Å². The molecule has 0 aliphatic rings. The van der Waals surface area contributed by atoms with E-state index in [2.05, 4.69) is 15.4 Å². The smallest absolute Gasteiger partial charge is 0.238 e. The van der Waals surface area contributed by atoms with Gasteiger partial charge < -0.3 is 10.2 Å². The molecular weight excluding hydrogens is 384 g/mol. The number of primary sulfonamides is 1. The van der Waals surface area contributed by atoms with Crippen molar-refractivity contribution in [2.75, 3.05) is 31.7 Å². The van der Waals surface area contributed by atoms with E-state index >= 15 is 0 Å². The number of nitrogens with two attached hydrogens (primary N) is 1. The molecule has 0 heterocycles. The van der Waals surface area contributed by atoms with Gasteiger partial charge in [-0.3, -0.25) is 0 Å². The molecule has 7 nitrogen and oxygen atoms in total. The molecule has 0 saturated heterocycles. The van der Waals surface area contributed by atoms with Crippen LogP contribution in [0, 0.1) is 4.91 Å². The maximum Gasteiger partial charge on any atom is 0.238 e. The first-order chi connectivity index (χ1) is 12.8. The van der Waals surface area contributed by atoms with Gasteiger partial charge in [-0.05, 0) is 62.6 Å². The molecular formula is C18H24N4O3S2. The Hall–Kier alpha value is -1.94. The van der Waals surface area contributed by atoms with E-state index in [1.165, 1.54) is 18.2 Å². The van der Waals surface area contributed by atoms with Gasteiger partial charge >= 0.3 is 0 Å². The lowest BCUT2D eigenvalue weighted by Gasteiger charge is -2.22. The van der Waals surface area contributed by atoms with Crippen LogP contribution in [0.25, 0.3) is 0 Å². The Kier molecular flexibility index (Phi) is 7.78. The van der Waals surface area contributed by atoms with Gasteiger partial charge in [0.15, 0.2) is 0 Å². The first-order valence-corrected chi connectivity index (χ1v) is 10.9. The molecule has 0 spiro atoms. The molecule has 0 aliphatic heterocycles. The third-order valence-corrected chi connectivity index (χ3v) is 5.96. The third-order valence-electron chi connectivity index (χ3n) is 3.87. The van der Waals surface area contributed by atoms with Gasteiger partial charge in [-0.2, -0.15) is 0 Å². The molecule has 2 rings (SSSR count). The second kappa shape index (κ2) is 9.84. The van der Waals surface area contributed by atoms with E-state index in [-0.39, 0.29) is 16.6 Å². The highest BCUT2D eigenvalue weighted by Gasteiger charge is 2.16. The molecule has 0 fully saturated rings. The third kappa shape index (κ3) is 6.94. The van der Waals surface area contributed by atoms with Crippen molar-refractivity contribution >= 4 is 33.2 Å². The molecule has 2 aromatic carbocycles. The zero-order chi connectivity index (χ0) is 19.9. The molecule has 0 amide bonds. The van der Waals surface area contributed by atoms with Crippen molar-refractivity contribution in [2.45, 2.75) is 22.3 Å². The summed E-state index contributed by atoms with van der Waals surface area (Å²) in [6.07, 6.45) is 0.849. The van der Waals surface area contributed by atoms with E-state index in [0.29, 0.717) is 5.69 Å². The number of hydrogen-bond donors (Lipinski definition) is 2. The monoisotopic (exact) mass is 408 g/mol. The van der Waals surface area contributed by atoms with Crippen molar-refractivity contribution in [3.8, 4) is 0 Å². The molecule has 9 heteroatoms. The summed E-state index contributed by atoms with van der Waals surface area (Å²) in [6, 6.07) is 14.2. The normalized spacial score (nSPS) is 12.7. The minimum Gasteiger partial charge on any atom is -0.380 e. The minimum atomic E-state index is -3.89. The summed E-state index contributed by atoms with van der Waals surface area (Å²) < 4.78 is 23.0. The van der Waals surface area contributed by atoms with Gasteiger partial charge in [0.05, 0.1) is 10.6 Å². The molecule has 0 aliphatic carbocycles. The predicted octanol–water partition coefficient (Wildman–Crippen LogP) is 3.26. The predicted molar refractivity (Wildman–Crippen MR) is 111 cm³/mol. The summed E-state index contributed by atoms with van der Waals surface area (Å²) >= 11 is 1.71. The van der Waals surface area contributed by atoms with Crippen molar-refractivity contribution in [1.29, 1.82) is 0 Å². The highest BCUT2D eigenvalue weighted by molar-refractivity contribution is 7.99. The Morgan fingerprint density at radius 1 is 1.19 bits per heavy atom. The molecule has 0 radical (unpaired) electrons. The number of benzene rings is 2. The molecule has 27 heavy (non-hydrogen) atoms. The average Bonchev–Trinajstić information content (AvgIpc) is 2.64. The number of nitrogens with one attached hydrogen (secondary N) is 1. The molecule has 146 valence electrons. The second-order valence-electron chi connectivity index (χ2n) is 6.37. The maximum absolute atomic E-state index is 11.5. The van der Waals surface area contributed by atoms with E-state index < -0.39 is 10.0 Å². The number of nitrogens with zero attached hydrogens (tertiary/aromatic N) is 2. The van der Waals surface area contributed by atoms with Crippen LogP contribution in [0.5, 0.6) is 0 Å². The summed E-state index contributed by atoms with van der Waals surface area (Å²) in [5, 5.41) is 11.4. The van der Waals surface area contributed by atoms with Crippen molar-refractivity contribution in [2.24, 2.45) is 10.3 Å². The zero-order valence-electron chi connectivity index (χ0n) is 15.3. The Morgan fingerprint density at radius 3 is 2.48 bits per heavy atom. The Bertz CT molecular complexity index is 858.